The number of hydrogen-bond donors (Lipinski definition) is 0. The maximum Gasteiger partial charge on any atom is 0.0345 e. The summed E-state index contributed by atoms with van der Waals surface area (Å²) >= 11 is 1.83. The second-order valence-electron chi connectivity index (χ2n) is 6.62. The Labute approximate surface area is 144 Å². The van der Waals surface area contributed by atoms with Gasteiger partial charge in [0.25, 0.3) is 0 Å². The van der Waals surface area contributed by atoms with Crippen LogP contribution in [0.5, 0.6) is 0 Å². The highest BCUT2D eigenvalue weighted by Gasteiger charge is 2.23. The van der Waals surface area contributed by atoms with Crippen LogP contribution in [0, 0.1) is 0 Å². The molecule has 2 atom stereocenters. The molecule has 1 aromatic heterocycles. The monoisotopic (exact) mass is 325 g/mol. The smallest absolute Gasteiger partial charge is 0.0345 e. The van der Waals surface area contributed by atoms with Gasteiger partial charge in [0, 0.05) is 23.5 Å². The number of piperidine rings is 1. The maximum atomic E-state index is 2.69. The normalized spacial score (nSPS) is 23.1. The molecule has 1 aromatic carbocycles. The zero-order valence-corrected chi connectivity index (χ0v) is 15.1. The lowest BCUT2D eigenvalue weighted by Gasteiger charge is -2.38. The van der Waals surface area contributed by atoms with Crippen molar-refractivity contribution in [2.24, 2.45) is 0 Å². The summed E-state index contributed by atoms with van der Waals surface area (Å²) in [5, 5.41) is 2.17. The van der Waals surface area contributed by atoms with Crippen LogP contribution in [0.15, 0.2) is 53.9 Å². The molecule has 2 heterocycles. The number of thiophene rings is 1. The molecule has 1 aliphatic rings. The van der Waals surface area contributed by atoms with E-state index in [1.807, 2.05) is 11.3 Å². The summed E-state index contributed by atoms with van der Waals surface area (Å²) in [4.78, 5) is 4.06. The molecule has 0 saturated carbocycles. The number of rotatable bonds is 5. The molecular weight excluding hydrogens is 298 g/mol. The molecule has 0 unspecified atom stereocenters. The summed E-state index contributed by atoms with van der Waals surface area (Å²) in [6, 6.07) is 16.6. The van der Waals surface area contributed by atoms with Crippen LogP contribution in [0.2, 0.25) is 0 Å². The third kappa shape index (κ3) is 4.13. The van der Waals surface area contributed by atoms with E-state index in [1.54, 1.807) is 0 Å². The zero-order chi connectivity index (χ0) is 16.1. The van der Waals surface area contributed by atoms with E-state index in [0.717, 1.165) is 18.5 Å². The van der Waals surface area contributed by atoms with Crippen molar-refractivity contribution < 1.29 is 0 Å². The highest BCUT2D eigenvalue weighted by molar-refractivity contribution is 7.11. The van der Waals surface area contributed by atoms with Crippen LogP contribution in [-0.2, 0) is 0 Å². The van der Waals surface area contributed by atoms with Crippen LogP contribution in [0.4, 0.5) is 0 Å². The summed E-state index contributed by atoms with van der Waals surface area (Å²) < 4.78 is 0. The summed E-state index contributed by atoms with van der Waals surface area (Å²) in [5.74, 6) is 0. The molecule has 122 valence electrons. The van der Waals surface area contributed by atoms with Gasteiger partial charge in [0.1, 0.15) is 0 Å². The van der Waals surface area contributed by atoms with Crippen LogP contribution in [-0.4, -0.2) is 23.5 Å². The molecule has 0 aliphatic carbocycles. The standard InChI is InChI=1S/C21H27NS/c1-17-9-6-10-18(2)22(17)15-7-13-20(21-14-8-16-23-21)19-11-4-3-5-12-19/h3-5,8,11-14,16-18H,6-7,9-10,15H2,1-2H3/b20-13+/t17-,18+. The fourth-order valence-corrected chi connectivity index (χ4v) is 4.47. The van der Waals surface area contributed by atoms with Gasteiger partial charge >= 0.3 is 0 Å². The lowest BCUT2D eigenvalue weighted by atomic mass is 9.97. The van der Waals surface area contributed by atoms with Gasteiger partial charge in [-0.25, -0.2) is 0 Å². The molecule has 0 radical (unpaired) electrons. The maximum absolute atomic E-state index is 2.69. The molecule has 3 rings (SSSR count). The molecule has 1 nitrogen and oxygen atoms in total. The zero-order valence-electron chi connectivity index (χ0n) is 14.2. The molecule has 1 saturated heterocycles. The van der Waals surface area contributed by atoms with Gasteiger partial charge in [-0.2, -0.15) is 0 Å². The fraction of sp³-hybridized carbons (Fsp3) is 0.429. The quantitative estimate of drug-likeness (QED) is 0.668. The van der Waals surface area contributed by atoms with Gasteiger partial charge in [-0.15, -0.1) is 11.3 Å². The Balaban J connectivity index is 1.74. The molecule has 0 spiro atoms. The average molecular weight is 326 g/mol. The van der Waals surface area contributed by atoms with Crippen molar-refractivity contribution in [3.05, 3.63) is 64.4 Å². The van der Waals surface area contributed by atoms with Gasteiger partial charge in [-0.1, -0.05) is 48.9 Å². The molecule has 1 aliphatic heterocycles. The van der Waals surface area contributed by atoms with Crippen molar-refractivity contribution in [1.82, 2.24) is 4.90 Å². The number of hydrogen-bond acceptors (Lipinski definition) is 2. The predicted octanol–water partition coefficient (Wildman–Crippen LogP) is 5.83. The predicted molar refractivity (Wildman–Crippen MR) is 102 cm³/mol. The van der Waals surface area contributed by atoms with Crippen LogP contribution >= 0.6 is 11.3 Å². The summed E-state index contributed by atoms with van der Waals surface area (Å²) in [5.41, 5.74) is 2.72. The first-order chi connectivity index (χ1) is 11.3. The van der Waals surface area contributed by atoms with Crippen molar-refractivity contribution >= 4 is 16.9 Å². The fourth-order valence-electron chi connectivity index (χ4n) is 3.68. The Hall–Kier alpha value is -1.38. The van der Waals surface area contributed by atoms with Crippen molar-refractivity contribution in [3.8, 4) is 0 Å². The topological polar surface area (TPSA) is 3.24 Å². The summed E-state index contributed by atoms with van der Waals surface area (Å²) in [6.45, 7) is 5.94. The van der Waals surface area contributed by atoms with Crippen molar-refractivity contribution in [2.75, 3.05) is 6.54 Å². The minimum absolute atomic E-state index is 0.731. The first-order valence-corrected chi connectivity index (χ1v) is 9.69. The average Bonchev–Trinajstić information content (AvgIpc) is 3.09. The Morgan fingerprint density at radius 2 is 1.83 bits per heavy atom. The molecule has 2 aromatic rings. The van der Waals surface area contributed by atoms with E-state index in [9.17, 15) is 0 Å². The van der Waals surface area contributed by atoms with Crippen LogP contribution in [0.25, 0.3) is 5.57 Å². The molecule has 1 fully saturated rings. The molecule has 0 bridgehead atoms. The van der Waals surface area contributed by atoms with Gasteiger partial charge < -0.3 is 0 Å². The largest absolute Gasteiger partial charge is 0.298 e. The molecule has 23 heavy (non-hydrogen) atoms. The molecule has 0 amide bonds. The Morgan fingerprint density at radius 3 is 2.48 bits per heavy atom. The van der Waals surface area contributed by atoms with E-state index in [2.05, 4.69) is 72.7 Å². The second kappa shape index (κ2) is 7.94. The second-order valence-corrected chi connectivity index (χ2v) is 7.56. The van der Waals surface area contributed by atoms with E-state index < -0.39 is 0 Å². The third-order valence-electron chi connectivity index (χ3n) is 4.98. The van der Waals surface area contributed by atoms with Crippen molar-refractivity contribution in [2.45, 2.75) is 51.6 Å². The Bertz CT molecular complexity index is 605. The van der Waals surface area contributed by atoms with Gasteiger partial charge in [0.15, 0.2) is 0 Å². The lowest BCUT2D eigenvalue weighted by Crippen LogP contribution is -2.43. The minimum atomic E-state index is 0.731. The summed E-state index contributed by atoms with van der Waals surface area (Å²) in [6.07, 6.45) is 7.65. The SMILES string of the molecule is C[C@@H]1CCC[C@H](C)N1CC/C=C(\c1ccccc1)c1cccs1. The lowest BCUT2D eigenvalue weighted by molar-refractivity contribution is 0.106. The highest BCUT2D eigenvalue weighted by Crippen LogP contribution is 2.28. The number of benzene rings is 1. The van der Waals surface area contributed by atoms with Crippen molar-refractivity contribution in [1.29, 1.82) is 0 Å². The summed E-state index contributed by atoms with van der Waals surface area (Å²) in [7, 11) is 0. The number of likely N-dealkylation sites (tertiary alicyclic amines) is 1. The first kappa shape index (κ1) is 16.5. The van der Waals surface area contributed by atoms with Crippen LogP contribution < -0.4 is 0 Å². The Kier molecular flexibility index (Phi) is 5.69. The Morgan fingerprint density at radius 1 is 1.09 bits per heavy atom. The van der Waals surface area contributed by atoms with Crippen LogP contribution in [0.3, 0.4) is 0 Å². The molecular formula is C21H27NS. The van der Waals surface area contributed by atoms with E-state index in [1.165, 1.54) is 41.8 Å². The van der Waals surface area contributed by atoms with Gasteiger partial charge in [0.2, 0.25) is 0 Å². The first-order valence-electron chi connectivity index (χ1n) is 8.81. The highest BCUT2D eigenvalue weighted by atomic mass is 32.1. The van der Waals surface area contributed by atoms with Gasteiger partial charge in [-0.3, -0.25) is 4.90 Å². The third-order valence-corrected chi connectivity index (χ3v) is 5.89. The van der Waals surface area contributed by atoms with Gasteiger partial charge in [-0.05, 0) is 55.7 Å². The van der Waals surface area contributed by atoms with E-state index in [-0.39, 0.29) is 0 Å². The van der Waals surface area contributed by atoms with E-state index in [0.29, 0.717) is 0 Å². The van der Waals surface area contributed by atoms with E-state index in [4.69, 9.17) is 0 Å². The minimum Gasteiger partial charge on any atom is -0.298 e. The van der Waals surface area contributed by atoms with Gasteiger partial charge in [0.05, 0.1) is 0 Å². The molecule has 0 N–H and O–H groups in total. The number of nitrogens with zero attached hydrogens (tertiary/aromatic N) is 1. The van der Waals surface area contributed by atoms with Crippen LogP contribution in [0.1, 0.15) is 50.0 Å². The molecule has 2 heteroatoms. The van der Waals surface area contributed by atoms with Crippen molar-refractivity contribution in [3.63, 3.8) is 0 Å². The van der Waals surface area contributed by atoms with E-state index >= 15 is 0 Å².